The number of aromatic nitrogens is 2. The lowest BCUT2D eigenvalue weighted by Crippen LogP contribution is -2.24. The molecule has 0 atom stereocenters. The maximum absolute atomic E-state index is 13.5. The molecule has 118 valence electrons. The average molecular weight is 339 g/mol. The Morgan fingerprint density at radius 3 is 2.74 bits per heavy atom. The van der Waals surface area contributed by atoms with Gasteiger partial charge >= 0.3 is 0 Å². The molecule has 3 rings (SSSR count). The smallest absolute Gasteiger partial charge is 0.257 e. The summed E-state index contributed by atoms with van der Waals surface area (Å²) in [7, 11) is 0. The summed E-state index contributed by atoms with van der Waals surface area (Å²) in [5.41, 5.74) is -0.609. The summed E-state index contributed by atoms with van der Waals surface area (Å²) in [5, 5.41) is 11.7. The molecule has 1 aromatic carbocycles. The maximum atomic E-state index is 13.5. The van der Waals surface area contributed by atoms with Crippen molar-refractivity contribution in [3.8, 4) is 10.8 Å². The van der Waals surface area contributed by atoms with E-state index in [-0.39, 0.29) is 12.4 Å². The Hall–Kier alpha value is -2.68. The third kappa shape index (κ3) is 3.09. The predicted molar refractivity (Wildman–Crippen MR) is 75.1 cm³/mol. The molecule has 0 aliphatic heterocycles. The van der Waals surface area contributed by atoms with E-state index in [1.165, 1.54) is 11.3 Å². The average Bonchev–Trinajstić information content (AvgIpc) is 3.21. The van der Waals surface area contributed by atoms with Crippen LogP contribution >= 0.6 is 11.3 Å². The highest BCUT2D eigenvalue weighted by Crippen LogP contribution is 2.23. The highest BCUT2D eigenvalue weighted by atomic mass is 32.1. The van der Waals surface area contributed by atoms with E-state index >= 15 is 0 Å². The second-order valence-electron chi connectivity index (χ2n) is 4.38. The van der Waals surface area contributed by atoms with Crippen LogP contribution in [0, 0.1) is 17.5 Å². The number of nitrogens with zero attached hydrogens (tertiary/aromatic N) is 2. The third-order valence-electron chi connectivity index (χ3n) is 2.88. The third-order valence-corrected chi connectivity index (χ3v) is 3.74. The van der Waals surface area contributed by atoms with Crippen molar-refractivity contribution in [2.45, 2.75) is 6.54 Å². The topological polar surface area (TPSA) is 68.0 Å². The van der Waals surface area contributed by atoms with E-state index in [2.05, 4.69) is 15.5 Å². The van der Waals surface area contributed by atoms with Gasteiger partial charge in [0, 0.05) is 0 Å². The van der Waals surface area contributed by atoms with Gasteiger partial charge in [-0.3, -0.25) is 4.79 Å². The first-order chi connectivity index (χ1) is 11.1. The van der Waals surface area contributed by atoms with Crippen molar-refractivity contribution in [1.82, 2.24) is 15.5 Å². The van der Waals surface area contributed by atoms with Gasteiger partial charge in [-0.1, -0.05) is 6.07 Å². The van der Waals surface area contributed by atoms with Crippen LogP contribution in [0.1, 0.15) is 16.2 Å². The molecule has 23 heavy (non-hydrogen) atoms. The fourth-order valence-corrected chi connectivity index (χ4v) is 2.42. The first kappa shape index (κ1) is 15.2. The molecule has 0 radical (unpaired) electrons. The summed E-state index contributed by atoms with van der Waals surface area (Å²) >= 11 is 1.41. The van der Waals surface area contributed by atoms with Crippen molar-refractivity contribution < 1.29 is 22.4 Å². The predicted octanol–water partition coefficient (Wildman–Crippen LogP) is 3.15. The fourth-order valence-electron chi connectivity index (χ4n) is 1.78. The van der Waals surface area contributed by atoms with Crippen LogP contribution in [0.2, 0.25) is 0 Å². The minimum Gasteiger partial charge on any atom is -0.418 e. The van der Waals surface area contributed by atoms with E-state index in [1.54, 1.807) is 6.07 Å². The molecule has 3 aromatic rings. The zero-order chi connectivity index (χ0) is 16.4. The monoisotopic (exact) mass is 339 g/mol. The van der Waals surface area contributed by atoms with Gasteiger partial charge in [-0.2, -0.15) is 0 Å². The van der Waals surface area contributed by atoms with E-state index in [0.717, 1.165) is 10.9 Å². The first-order valence-corrected chi connectivity index (χ1v) is 7.22. The van der Waals surface area contributed by atoms with E-state index in [4.69, 9.17) is 4.42 Å². The minimum atomic E-state index is -1.70. The largest absolute Gasteiger partial charge is 0.418 e. The molecule has 9 heteroatoms. The first-order valence-electron chi connectivity index (χ1n) is 6.34. The Kier molecular flexibility index (Phi) is 4.11. The molecule has 0 saturated carbocycles. The summed E-state index contributed by atoms with van der Waals surface area (Å²) in [6.07, 6.45) is 0. The highest BCUT2D eigenvalue weighted by Gasteiger charge is 2.19. The fraction of sp³-hybridized carbons (Fsp3) is 0.0714. The molecular weight excluding hydrogens is 331 g/mol. The molecule has 2 heterocycles. The van der Waals surface area contributed by atoms with Gasteiger partial charge in [0.2, 0.25) is 5.89 Å². The van der Waals surface area contributed by atoms with Crippen LogP contribution < -0.4 is 5.32 Å². The molecule has 0 fully saturated rings. The van der Waals surface area contributed by atoms with Crippen molar-refractivity contribution in [3.05, 3.63) is 58.6 Å². The van der Waals surface area contributed by atoms with Gasteiger partial charge in [0.15, 0.2) is 17.5 Å². The van der Waals surface area contributed by atoms with Crippen LogP contribution in [-0.4, -0.2) is 16.1 Å². The van der Waals surface area contributed by atoms with Gasteiger partial charge in [0.25, 0.3) is 11.8 Å². The molecule has 1 N–H and O–H groups in total. The highest BCUT2D eigenvalue weighted by molar-refractivity contribution is 7.13. The van der Waals surface area contributed by atoms with Gasteiger partial charge in [-0.25, -0.2) is 13.2 Å². The Bertz CT molecular complexity index is 849. The second kappa shape index (κ2) is 6.21. The standard InChI is InChI=1S/C14H8F3N3O2S/c15-8-4-3-7(11(16)12(8)17)13(21)18-6-10-19-20-14(22-10)9-2-1-5-23-9/h1-5H,6H2,(H,18,21). The van der Waals surface area contributed by atoms with E-state index in [0.29, 0.717) is 12.0 Å². The van der Waals surface area contributed by atoms with E-state index < -0.39 is 28.9 Å². The second-order valence-corrected chi connectivity index (χ2v) is 5.33. The van der Waals surface area contributed by atoms with Crippen LogP contribution in [0.5, 0.6) is 0 Å². The molecular formula is C14H8F3N3O2S. The van der Waals surface area contributed by atoms with Gasteiger partial charge in [0.05, 0.1) is 17.0 Å². The van der Waals surface area contributed by atoms with E-state index in [1.807, 2.05) is 11.4 Å². The molecule has 0 aliphatic carbocycles. The lowest BCUT2D eigenvalue weighted by atomic mass is 10.2. The molecule has 0 aliphatic rings. The lowest BCUT2D eigenvalue weighted by Gasteiger charge is -2.04. The maximum Gasteiger partial charge on any atom is 0.257 e. The summed E-state index contributed by atoms with van der Waals surface area (Å²) in [4.78, 5) is 12.6. The number of benzene rings is 1. The Labute approximate surface area is 131 Å². The quantitative estimate of drug-likeness (QED) is 0.742. The summed E-state index contributed by atoms with van der Waals surface area (Å²) in [6.45, 7) is -0.171. The molecule has 0 saturated heterocycles. The SMILES string of the molecule is O=C(NCc1nnc(-c2cccs2)o1)c1ccc(F)c(F)c1F. The molecule has 2 aromatic heterocycles. The number of carbonyl (C=O) groups is 1. The molecule has 1 amide bonds. The van der Waals surface area contributed by atoms with Crippen molar-refractivity contribution in [2.24, 2.45) is 0 Å². The number of hydrogen-bond donors (Lipinski definition) is 1. The number of nitrogens with one attached hydrogen (secondary N) is 1. The van der Waals surface area contributed by atoms with Crippen LogP contribution in [0.15, 0.2) is 34.1 Å². The normalized spacial score (nSPS) is 10.7. The van der Waals surface area contributed by atoms with Crippen LogP contribution in [0.3, 0.4) is 0 Å². The number of rotatable bonds is 4. The summed E-state index contributed by atoms with van der Waals surface area (Å²) in [6, 6.07) is 5.14. The number of thiophene rings is 1. The lowest BCUT2D eigenvalue weighted by molar-refractivity contribution is 0.0942. The van der Waals surface area contributed by atoms with Crippen LogP contribution in [0.25, 0.3) is 10.8 Å². The number of amides is 1. The molecule has 5 nitrogen and oxygen atoms in total. The molecule has 0 bridgehead atoms. The summed E-state index contributed by atoms with van der Waals surface area (Å²) < 4.78 is 44.8. The Balaban J connectivity index is 1.69. The zero-order valence-corrected chi connectivity index (χ0v) is 12.2. The van der Waals surface area contributed by atoms with Gasteiger partial charge in [-0.15, -0.1) is 21.5 Å². The van der Waals surface area contributed by atoms with Crippen LogP contribution in [-0.2, 0) is 6.54 Å². The van der Waals surface area contributed by atoms with Gasteiger partial charge in [-0.05, 0) is 23.6 Å². The molecule has 0 unspecified atom stereocenters. The van der Waals surface area contributed by atoms with Crippen LogP contribution in [0.4, 0.5) is 13.2 Å². The van der Waals surface area contributed by atoms with Crippen molar-refractivity contribution >= 4 is 17.2 Å². The van der Waals surface area contributed by atoms with Gasteiger partial charge < -0.3 is 9.73 Å². The summed E-state index contributed by atoms with van der Waals surface area (Å²) in [5.74, 6) is -5.13. The number of hydrogen-bond acceptors (Lipinski definition) is 5. The number of halogens is 3. The van der Waals surface area contributed by atoms with Gasteiger partial charge in [0.1, 0.15) is 0 Å². The Morgan fingerprint density at radius 1 is 1.17 bits per heavy atom. The zero-order valence-electron chi connectivity index (χ0n) is 11.3. The minimum absolute atomic E-state index is 0.102. The van der Waals surface area contributed by atoms with E-state index in [9.17, 15) is 18.0 Å². The van der Waals surface area contributed by atoms with Crippen molar-refractivity contribution in [3.63, 3.8) is 0 Å². The van der Waals surface area contributed by atoms with Crippen molar-refractivity contribution in [1.29, 1.82) is 0 Å². The Morgan fingerprint density at radius 2 is 2.00 bits per heavy atom. The number of carbonyl (C=O) groups excluding carboxylic acids is 1. The van der Waals surface area contributed by atoms with Crippen molar-refractivity contribution in [2.75, 3.05) is 0 Å². The molecule has 0 spiro atoms.